The van der Waals surface area contributed by atoms with Gasteiger partial charge in [-0.15, -0.1) is 11.8 Å². The largest absolute Gasteiger partial charge is 0.352 e. The number of non-ortho nitro benzene ring substituents is 1. The second-order valence-electron chi connectivity index (χ2n) is 9.09. The number of nitro groups is 1. The van der Waals surface area contributed by atoms with E-state index in [1.807, 2.05) is 68.4 Å². The maximum Gasteiger partial charge on any atom is 0.269 e. The molecule has 0 aliphatic rings. The monoisotopic (exact) mass is 597 g/mol. The van der Waals surface area contributed by atoms with Crippen molar-refractivity contribution in [3.8, 4) is 0 Å². The van der Waals surface area contributed by atoms with Crippen LogP contribution in [0.15, 0.2) is 83.3 Å². The first-order valence-electron chi connectivity index (χ1n) is 12.5. The first-order valence-corrected chi connectivity index (χ1v) is 14.4. The zero-order chi connectivity index (χ0) is 27.5. The highest BCUT2D eigenvalue weighted by Gasteiger charge is 2.31. The summed E-state index contributed by atoms with van der Waals surface area (Å²) in [5.74, 6) is 0.382. The molecule has 0 aromatic heterocycles. The molecule has 2 unspecified atom stereocenters. The lowest BCUT2D eigenvalue weighted by molar-refractivity contribution is -0.384. The number of halogens is 1. The normalized spacial score (nSPS) is 12.4. The van der Waals surface area contributed by atoms with Crippen LogP contribution in [0.3, 0.4) is 0 Å². The Labute approximate surface area is 236 Å². The Bertz CT molecular complexity index is 1220. The van der Waals surface area contributed by atoms with Gasteiger partial charge in [-0.2, -0.15) is 0 Å². The molecule has 9 heteroatoms. The van der Waals surface area contributed by atoms with Gasteiger partial charge in [0.15, 0.2) is 0 Å². The van der Waals surface area contributed by atoms with Crippen molar-refractivity contribution < 1.29 is 14.5 Å². The van der Waals surface area contributed by atoms with E-state index in [2.05, 4.69) is 21.2 Å². The number of hydrogen-bond donors (Lipinski definition) is 1. The zero-order valence-corrected chi connectivity index (χ0v) is 23.9. The van der Waals surface area contributed by atoms with Gasteiger partial charge in [0.25, 0.3) is 5.69 Å². The molecule has 7 nitrogen and oxygen atoms in total. The molecule has 200 valence electrons. The van der Waals surface area contributed by atoms with Crippen molar-refractivity contribution in [2.45, 2.75) is 51.1 Å². The molecule has 38 heavy (non-hydrogen) atoms. The Kier molecular flexibility index (Phi) is 11.4. The van der Waals surface area contributed by atoms with Crippen LogP contribution >= 0.6 is 27.7 Å². The first-order chi connectivity index (χ1) is 18.3. The summed E-state index contributed by atoms with van der Waals surface area (Å²) in [6.07, 6.45) is 1.18. The van der Waals surface area contributed by atoms with Gasteiger partial charge >= 0.3 is 0 Å². The number of carbonyl (C=O) groups excluding carboxylic acids is 2. The van der Waals surface area contributed by atoms with E-state index < -0.39 is 11.0 Å². The summed E-state index contributed by atoms with van der Waals surface area (Å²) in [4.78, 5) is 39.4. The quantitative estimate of drug-likeness (QED) is 0.188. The topological polar surface area (TPSA) is 92.6 Å². The van der Waals surface area contributed by atoms with Gasteiger partial charge in [-0.05, 0) is 42.2 Å². The van der Waals surface area contributed by atoms with Gasteiger partial charge < -0.3 is 10.2 Å². The van der Waals surface area contributed by atoms with Crippen LogP contribution in [0.5, 0.6) is 0 Å². The lowest BCUT2D eigenvalue weighted by Crippen LogP contribution is -2.52. The average molecular weight is 599 g/mol. The minimum Gasteiger partial charge on any atom is -0.352 e. The van der Waals surface area contributed by atoms with Crippen molar-refractivity contribution >= 4 is 45.2 Å². The summed E-state index contributed by atoms with van der Waals surface area (Å²) in [5, 5.41) is 14.0. The number of nitrogens with one attached hydrogen (secondary N) is 1. The van der Waals surface area contributed by atoms with E-state index >= 15 is 0 Å². The summed E-state index contributed by atoms with van der Waals surface area (Å²) in [6, 6.07) is 23.1. The molecule has 0 aliphatic carbocycles. The molecule has 0 radical (unpaired) electrons. The molecule has 0 spiro atoms. The summed E-state index contributed by atoms with van der Waals surface area (Å²) >= 11 is 4.93. The molecule has 0 aliphatic heterocycles. The van der Waals surface area contributed by atoms with E-state index in [1.54, 1.807) is 17.0 Å². The second kappa shape index (κ2) is 14.7. The number of carbonyl (C=O) groups is 2. The highest BCUT2D eigenvalue weighted by Crippen LogP contribution is 2.21. The molecule has 3 aromatic carbocycles. The minimum atomic E-state index is -0.683. The molecule has 2 atom stereocenters. The average Bonchev–Trinajstić information content (AvgIpc) is 2.91. The molecule has 1 N–H and O–H groups in total. The maximum absolute atomic E-state index is 13.7. The third-order valence-electron chi connectivity index (χ3n) is 6.16. The lowest BCUT2D eigenvalue weighted by atomic mass is 10.0. The molecular formula is C29H32BrN3O4S. The van der Waals surface area contributed by atoms with Crippen molar-refractivity contribution in [1.82, 2.24) is 10.2 Å². The Hall–Kier alpha value is -3.17. The van der Waals surface area contributed by atoms with Crippen LogP contribution in [0.1, 0.15) is 37.0 Å². The van der Waals surface area contributed by atoms with Crippen molar-refractivity contribution in [3.05, 3.63) is 110 Å². The number of thioether (sulfide) groups is 1. The Morgan fingerprint density at radius 1 is 1.00 bits per heavy atom. The van der Waals surface area contributed by atoms with Gasteiger partial charge in [-0.1, -0.05) is 77.5 Å². The van der Waals surface area contributed by atoms with Crippen molar-refractivity contribution in [2.24, 2.45) is 0 Å². The van der Waals surface area contributed by atoms with Crippen LogP contribution in [0.25, 0.3) is 0 Å². The number of nitrogens with zero attached hydrogens (tertiary/aromatic N) is 2. The van der Waals surface area contributed by atoms with Crippen LogP contribution in [0, 0.1) is 10.1 Å². The van der Waals surface area contributed by atoms with E-state index in [1.165, 1.54) is 23.9 Å². The molecule has 3 aromatic rings. The Morgan fingerprint density at radius 2 is 1.68 bits per heavy atom. The van der Waals surface area contributed by atoms with Crippen LogP contribution < -0.4 is 5.32 Å². The third kappa shape index (κ3) is 8.99. The van der Waals surface area contributed by atoms with Crippen LogP contribution in [-0.4, -0.2) is 39.5 Å². The highest BCUT2D eigenvalue weighted by atomic mass is 79.9. The lowest BCUT2D eigenvalue weighted by Gasteiger charge is -2.32. The fourth-order valence-corrected chi connectivity index (χ4v) is 5.20. The predicted octanol–water partition coefficient (Wildman–Crippen LogP) is 6.15. The van der Waals surface area contributed by atoms with Crippen LogP contribution in [0.2, 0.25) is 0 Å². The standard InChI is InChI=1S/C29H32BrN3O4S/c1-3-21(2)31-29(35)27(17-22-8-5-4-6-9-22)32(18-24-10-7-11-25(30)16-24)28(34)20-38-19-23-12-14-26(15-13-23)33(36)37/h4-16,21,27H,3,17-20H2,1-2H3,(H,31,35). The van der Waals surface area contributed by atoms with E-state index in [0.29, 0.717) is 18.7 Å². The SMILES string of the molecule is CCC(C)NC(=O)C(Cc1ccccc1)N(Cc1cccc(Br)c1)C(=O)CSCc1ccc([N+](=O)[O-])cc1. The summed E-state index contributed by atoms with van der Waals surface area (Å²) in [6.45, 7) is 4.26. The van der Waals surface area contributed by atoms with Gasteiger partial charge in [-0.25, -0.2) is 0 Å². The molecule has 2 amide bonds. The summed E-state index contributed by atoms with van der Waals surface area (Å²) in [5.41, 5.74) is 2.82. The Morgan fingerprint density at radius 3 is 2.32 bits per heavy atom. The van der Waals surface area contributed by atoms with Crippen molar-refractivity contribution in [2.75, 3.05) is 5.75 Å². The van der Waals surface area contributed by atoms with Crippen molar-refractivity contribution in [3.63, 3.8) is 0 Å². The number of rotatable bonds is 13. The highest BCUT2D eigenvalue weighted by molar-refractivity contribution is 9.10. The number of benzene rings is 3. The first kappa shape index (κ1) is 29.4. The van der Waals surface area contributed by atoms with Gasteiger partial charge in [0.05, 0.1) is 10.7 Å². The molecule has 3 rings (SSSR count). The molecule has 0 saturated heterocycles. The minimum absolute atomic E-state index is 0.0138. The second-order valence-corrected chi connectivity index (χ2v) is 11.0. The number of nitro benzene ring substituents is 1. The van der Waals surface area contributed by atoms with Gasteiger partial charge in [0.2, 0.25) is 11.8 Å². The van der Waals surface area contributed by atoms with Crippen LogP contribution in [0.4, 0.5) is 5.69 Å². The van der Waals surface area contributed by atoms with E-state index in [4.69, 9.17) is 0 Å². The van der Waals surface area contributed by atoms with Crippen molar-refractivity contribution in [1.29, 1.82) is 0 Å². The molecule has 0 fully saturated rings. The number of amides is 2. The molecular weight excluding hydrogens is 566 g/mol. The number of hydrogen-bond acceptors (Lipinski definition) is 5. The predicted molar refractivity (Wildman–Crippen MR) is 156 cm³/mol. The van der Waals surface area contributed by atoms with E-state index in [0.717, 1.165) is 27.6 Å². The maximum atomic E-state index is 13.7. The Balaban J connectivity index is 1.83. The van der Waals surface area contributed by atoms with Crippen LogP contribution in [-0.2, 0) is 28.3 Å². The fraction of sp³-hybridized carbons (Fsp3) is 0.310. The van der Waals surface area contributed by atoms with Gasteiger partial charge in [-0.3, -0.25) is 19.7 Å². The van der Waals surface area contributed by atoms with E-state index in [9.17, 15) is 19.7 Å². The molecule has 0 heterocycles. The van der Waals surface area contributed by atoms with Gasteiger partial charge in [0, 0.05) is 41.4 Å². The third-order valence-corrected chi connectivity index (χ3v) is 7.64. The zero-order valence-electron chi connectivity index (χ0n) is 21.5. The van der Waals surface area contributed by atoms with E-state index in [-0.39, 0.29) is 29.3 Å². The smallest absolute Gasteiger partial charge is 0.269 e. The molecule has 0 bridgehead atoms. The summed E-state index contributed by atoms with van der Waals surface area (Å²) < 4.78 is 0.901. The fourth-order valence-electron chi connectivity index (χ4n) is 3.88. The molecule has 0 saturated carbocycles. The van der Waals surface area contributed by atoms with Gasteiger partial charge in [0.1, 0.15) is 6.04 Å². The summed E-state index contributed by atoms with van der Waals surface area (Å²) in [7, 11) is 0.